The van der Waals surface area contributed by atoms with E-state index in [9.17, 15) is 9.59 Å². The van der Waals surface area contributed by atoms with Gasteiger partial charge in [-0.1, -0.05) is 36.0 Å². The van der Waals surface area contributed by atoms with Crippen molar-refractivity contribution in [2.24, 2.45) is 0 Å². The number of Topliss-reactive ketones (excluding diaryl/α,β-unsaturated/α-hetero) is 1. The molecule has 8 nitrogen and oxygen atoms in total. The molecule has 2 aromatic heterocycles. The molecule has 2 heterocycles. The van der Waals surface area contributed by atoms with E-state index in [1.54, 1.807) is 35.9 Å². The van der Waals surface area contributed by atoms with E-state index in [0.29, 0.717) is 22.1 Å². The maximum Gasteiger partial charge on any atom is 0.234 e. The fourth-order valence-corrected chi connectivity index (χ4v) is 3.63. The highest BCUT2D eigenvalue weighted by molar-refractivity contribution is 7.99. The number of thioether (sulfide) groups is 1. The van der Waals surface area contributed by atoms with Gasteiger partial charge in [0.2, 0.25) is 11.1 Å². The molecule has 1 N–H and O–H groups in total. The second-order valence-electron chi connectivity index (χ2n) is 6.68. The van der Waals surface area contributed by atoms with E-state index in [-0.39, 0.29) is 17.4 Å². The molecule has 0 saturated heterocycles. The molecule has 0 aliphatic heterocycles. The van der Waals surface area contributed by atoms with Gasteiger partial charge < -0.3 is 10.1 Å². The Kier molecular flexibility index (Phi) is 5.94. The molecule has 156 valence electrons. The van der Waals surface area contributed by atoms with Crippen molar-refractivity contribution in [1.82, 2.24) is 19.8 Å². The zero-order chi connectivity index (χ0) is 21.8. The van der Waals surface area contributed by atoms with Gasteiger partial charge in [0.1, 0.15) is 5.75 Å². The van der Waals surface area contributed by atoms with Gasteiger partial charge in [0.15, 0.2) is 11.4 Å². The summed E-state index contributed by atoms with van der Waals surface area (Å²) in [6.07, 6.45) is 0. The van der Waals surface area contributed by atoms with Crippen molar-refractivity contribution in [3.63, 3.8) is 0 Å². The van der Waals surface area contributed by atoms with Crippen molar-refractivity contribution in [2.45, 2.75) is 12.1 Å². The Morgan fingerprint density at radius 1 is 1.06 bits per heavy atom. The summed E-state index contributed by atoms with van der Waals surface area (Å²) in [5.74, 6) is 0.587. The Morgan fingerprint density at radius 2 is 1.90 bits per heavy atom. The third-order valence-corrected chi connectivity index (χ3v) is 5.40. The first-order chi connectivity index (χ1) is 15.0. The number of nitrogens with one attached hydrogen (secondary N) is 1. The van der Waals surface area contributed by atoms with Crippen molar-refractivity contribution in [3.8, 4) is 17.0 Å². The number of carbonyl (C=O) groups excluding carboxylic acids is 2. The second-order valence-corrected chi connectivity index (χ2v) is 7.62. The first-order valence-electron chi connectivity index (χ1n) is 9.44. The minimum atomic E-state index is -0.216. The van der Waals surface area contributed by atoms with Gasteiger partial charge in [0, 0.05) is 16.8 Å². The van der Waals surface area contributed by atoms with E-state index in [1.807, 2.05) is 36.4 Å². The van der Waals surface area contributed by atoms with Crippen LogP contribution in [0.3, 0.4) is 0 Å². The summed E-state index contributed by atoms with van der Waals surface area (Å²) in [4.78, 5) is 23.9. The molecule has 0 aliphatic carbocycles. The Labute approximate surface area is 182 Å². The summed E-state index contributed by atoms with van der Waals surface area (Å²) in [7, 11) is 1.62. The molecule has 2 aromatic carbocycles. The summed E-state index contributed by atoms with van der Waals surface area (Å²) < 4.78 is 6.89. The van der Waals surface area contributed by atoms with E-state index in [4.69, 9.17) is 4.74 Å². The van der Waals surface area contributed by atoms with Crippen LogP contribution in [0.5, 0.6) is 5.75 Å². The van der Waals surface area contributed by atoms with E-state index in [2.05, 4.69) is 20.6 Å². The average Bonchev–Trinajstić information content (AvgIpc) is 3.20. The molecule has 4 rings (SSSR count). The molecule has 1 amide bonds. The van der Waals surface area contributed by atoms with Crippen LogP contribution in [0.4, 0.5) is 5.69 Å². The molecule has 31 heavy (non-hydrogen) atoms. The second kappa shape index (κ2) is 8.97. The highest BCUT2D eigenvalue weighted by Gasteiger charge is 2.12. The summed E-state index contributed by atoms with van der Waals surface area (Å²) >= 11 is 1.23. The standard InChI is InChI=1S/C22H19N5O3S/c1-14(28)15-5-3-7-17(11-15)23-21(29)13-31-22-25-24-20-10-9-19(26-27(20)22)16-6-4-8-18(12-16)30-2/h3-12H,13H2,1-2H3,(H,23,29). The van der Waals surface area contributed by atoms with Crippen molar-refractivity contribution in [1.29, 1.82) is 0 Å². The molecule has 0 fully saturated rings. The van der Waals surface area contributed by atoms with E-state index < -0.39 is 0 Å². The van der Waals surface area contributed by atoms with Gasteiger partial charge >= 0.3 is 0 Å². The smallest absolute Gasteiger partial charge is 0.234 e. The molecule has 0 spiro atoms. The van der Waals surface area contributed by atoms with Crippen LogP contribution in [0.1, 0.15) is 17.3 Å². The highest BCUT2D eigenvalue weighted by atomic mass is 32.2. The van der Waals surface area contributed by atoms with Gasteiger partial charge in [0.25, 0.3) is 0 Å². The van der Waals surface area contributed by atoms with Crippen LogP contribution in [0.25, 0.3) is 16.9 Å². The van der Waals surface area contributed by atoms with Crippen molar-refractivity contribution in [3.05, 3.63) is 66.2 Å². The van der Waals surface area contributed by atoms with Gasteiger partial charge in [-0.3, -0.25) is 9.59 Å². The SMILES string of the molecule is COc1cccc(-c2ccc3nnc(SCC(=O)Nc4cccc(C(C)=O)c4)n3n2)c1. The maximum atomic E-state index is 12.4. The number of nitrogens with zero attached hydrogens (tertiary/aromatic N) is 4. The van der Waals surface area contributed by atoms with Crippen LogP contribution < -0.4 is 10.1 Å². The molecule has 0 bridgehead atoms. The predicted octanol–water partition coefficient (Wildman–Crippen LogP) is 3.73. The van der Waals surface area contributed by atoms with Crippen LogP contribution in [0.2, 0.25) is 0 Å². The van der Waals surface area contributed by atoms with Gasteiger partial charge in [0.05, 0.1) is 18.6 Å². The number of hydrogen-bond donors (Lipinski definition) is 1. The predicted molar refractivity (Wildman–Crippen MR) is 119 cm³/mol. The maximum absolute atomic E-state index is 12.4. The number of ether oxygens (including phenoxy) is 1. The zero-order valence-corrected chi connectivity index (χ0v) is 17.7. The number of ketones is 1. The van der Waals surface area contributed by atoms with Crippen LogP contribution in [-0.4, -0.2) is 44.4 Å². The first kappa shape index (κ1) is 20.5. The molecule has 0 unspecified atom stereocenters. The lowest BCUT2D eigenvalue weighted by atomic mass is 10.1. The lowest BCUT2D eigenvalue weighted by Crippen LogP contribution is -2.14. The number of benzene rings is 2. The molecule has 0 radical (unpaired) electrons. The molecular formula is C22H19N5O3S. The van der Waals surface area contributed by atoms with Crippen molar-refractivity contribution < 1.29 is 14.3 Å². The van der Waals surface area contributed by atoms with Gasteiger partial charge in [-0.25, -0.2) is 0 Å². The molecule has 0 atom stereocenters. The third kappa shape index (κ3) is 4.72. The molecule has 0 saturated carbocycles. The normalized spacial score (nSPS) is 10.8. The number of fused-ring (bicyclic) bond motifs is 1. The minimum Gasteiger partial charge on any atom is -0.497 e. The third-order valence-electron chi connectivity index (χ3n) is 4.48. The number of aromatic nitrogens is 4. The quantitative estimate of drug-likeness (QED) is 0.350. The number of anilines is 1. The van der Waals surface area contributed by atoms with Gasteiger partial charge in [-0.2, -0.15) is 9.61 Å². The largest absolute Gasteiger partial charge is 0.497 e. The topological polar surface area (TPSA) is 98.5 Å². The Morgan fingerprint density at radius 3 is 2.71 bits per heavy atom. The number of methoxy groups -OCH3 is 1. The van der Waals surface area contributed by atoms with E-state index in [0.717, 1.165) is 17.0 Å². The van der Waals surface area contributed by atoms with E-state index in [1.165, 1.54) is 18.7 Å². The summed E-state index contributed by atoms with van der Waals surface area (Å²) in [6.45, 7) is 1.49. The summed E-state index contributed by atoms with van der Waals surface area (Å²) in [5.41, 5.74) is 3.34. The van der Waals surface area contributed by atoms with Gasteiger partial charge in [-0.05, 0) is 43.3 Å². The number of carbonyl (C=O) groups is 2. The van der Waals surface area contributed by atoms with Gasteiger partial charge in [-0.15, -0.1) is 10.2 Å². The minimum absolute atomic E-state index is 0.0571. The zero-order valence-electron chi connectivity index (χ0n) is 16.9. The first-order valence-corrected chi connectivity index (χ1v) is 10.4. The lowest BCUT2D eigenvalue weighted by Gasteiger charge is -2.06. The summed E-state index contributed by atoms with van der Waals surface area (Å²) in [5, 5.41) is 16.2. The Hall–Kier alpha value is -3.72. The fourth-order valence-electron chi connectivity index (χ4n) is 2.94. The monoisotopic (exact) mass is 433 g/mol. The number of amides is 1. The van der Waals surface area contributed by atoms with Crippen LogP contribution in [0.15, 0.2) is 65.8 Å². The fraction of sp³-hybridized carbons (Fsp3) is 0.136. The average molecular weight is 433 g/mol. The number of rotatable bonds is 7. The van der Waals surface area contributed by atoms with Crippen LogP contribution in [0, 0.1) is 0 Å². The summed E-state index contributed by atoms with van der Waals surface area (Å²) in [6, 6.07) is 18.1. The molecule has 9 heteroatoms. The Balaban J connectivity index is 1.49. The highest BCUT2D eigenvalue weighted by Crippen LogP contribution is 2.24. The molecule has 0 aliphatic rings. The number of hydrogen-bond acceptors (Lipinski definition) is 7. The van der Waals surface area contributed by atoms with Crippen LogP contribution in [-0.2, 0) is 4.79 Å². The lowest BCUT2D eigenvalue weighted by molar-refractivity contribution is -0.113. The van der Waals surface area contributed by atoms with E-state index >= 15 is 0 Å². The van der Waals surface area contributed by atoms with Crippen LogP contribution >= 0.6 is 11.8 Å². The van der Waals surface area contributed by atoms with Crippen molar-refractivity contribution in [2.75, 3.05) is 18.2 Å². The molecule has 4 aromatic rings. The Bertz CT molecular complexity index is 1270. The van der Waals surface area contributed by atoms with Crippen molar-refractivity contribution >= 4 is 34.8 Å². The molecular weight excluding hydrogens is 414 g/mol.